The number of halogens is 1. The molecule has 1 aromatic heterocycles. The summed E-state index contributed by atoms with van der Waals surface area (Å²) in [6, 6.07) is 12.7. The second kappa shape index (κ2) is 10.4. The molecule has 2 aromatic carbocycles. The van der Waals surface area contributed by atoms with Crippen LogP contribution >= 0.6 is 0 Å². The number of carboxylic acid groups (broad SMARTS) is 1. The Bertz CT molecular complexity index is 1050. The first kappa shape index (κ1) is 24.3. The third kappa shape index (κ3) is 5.02. The van der Waals surface area contributed by atoms with Crippen molar-refractivity contribution in [2.45, 2.75) is 26.8 Å². The Hall–Kier alpha value is -2.99. The number of fused-ring (bicyclic) bond motifs is 1. The Morgan fingerprint density at radius 3 is 2.06 bits per heavy atom. The molecule has 0 bridgehead atoms. The van der Waals surface area contributed by atoms with Gasteiger partial charge in [-0.15, -0.1) is 0 Å². The van der Waals surface area contributed by atoms with Crippen molar-refractivity contribution < 1.29 is 41.1 Å². The van der Waals surface area contributed by atoms with E-state index in [1.165, 1.54) is 0 Å². The van der Waals surface area contributed by atoms with Crippen molar-refractivity contribution in [3.05, 3.63) is 48.7 Å². The molecule has 0 saturated heterocycles. The lowest BCUT2D eigenvalue weighted by Crippen LogP contribution is -3.00. The van der Waals surface area contributed by atoms with E-state index in [2.05, 4.69) is 0 Å². The first-order valence-corrected chi connectivity index (χ1v) is 9.96. The van der Waals surface area contributed by atoms with Gasteiger partial charge in [-0.25, -0.2) is 4.79 Å². The van der Waals surface area contributed by atoms with Crippen LogP contribution in [0.25, 0.3) is 22.0 Å². The van der Waals surface area contributed by atoms with Crippen molar-refractivity contribution >= 4 is 16.7 Å². The number of carbonyl (C=O) groups is 1. The summed E-state index contributed by atoms with van der Waals surface area (Å²) >= 11 is 0. The number of aliphatic carboxylic acids is 1. The van der Waals surface area contributed by atoms with Gasteiger partial charge in [0.15, 0.2) is 17.7 Å². The zero-order chi connectivity index (χ0) is 21.8. The molecule has 0 radical (unpaired) electrons. The van der Waals surface area contributed by atoms with Crippen molar-refractivity contribution in [1.29, 1.82) is 0 Å². The van der Waals surface area contributed by atoms with Gasteiger partial charge < -0.3 is 31.7 Å². The maximum atomic E-state index is 12.1. The standard InChI is InChI=1S/C24H27NO5.ClH/c1-6-30-19-9-7-16(8-10-19)20-11-17-12-21(28-4)22(29-5)13-18(17)14-25(20)23(15(2)3)24(26)27;/h7-15,23H,6H2,1-5H3;1H. The number of benzene rings is 2. The number of rotatable bonds is 8. The van der Waals surface area contributed by atoms with E-state index in [0.717, 1.165) is 27.8 Å². The van der Waals surface area contributed by atoms with Crippen molar-refractivity contribution in [2.75, 3.05) is 20.8 Å². The molecular weight excluding hydrogens is 418 g/mol. The largest absolute Gasteiger partial charge is 1.00 e. The van der Waals surface area contributed by atoms with E-state index in [0.29, 0.717) is 18.1 Å². The number of carboxylic acids is 1. The highest BCUT2D eigenvalue weighted by Crippen LogP contribution is 2.34. The van der Waals surface area contributed by atoms with E-state index >= 15 is 0 Å². The van der Waals surface area contributed by atoms with Gasteiger partial charge in [-0.05, 0) is 48.7 Å². The third-order valence-electron chi connectivity index (χ3n) is 5.08. The summed E-state index contributed by atoms with van der Waals surface area (Å²) in [5.41, 5.74) is 1.71. The molecule has 166 valence electrons. The van der Waals surface area contributed by atoms with Crippen molar-refractivity contribution in [1.82, 2.24) is 0 Å². The summed E-state index contributed by atoms with van der Waals surface area (Å²) in [5.74, 6) is 1.02. The van der Waals surface area contributed by atoms with E-state index in [-0.39, 0.29) is 18.3 Å². The van der Waals surface area contributed by atoms with Crippen LogP contribution in [0.5, 0.6) is 17.2 Å². The molecule has 0 amide bonds. The van der Waals surface area contributed by atoms with Crippen LogP contribution in [0, 0.1) is 5.92 Å². The molecule has 0 fully saturated rings. The Balaban J connectivity index is 0.00000341. The van der Waals surface area contributed by atoms with Crippen molar-refractivity contribution in [3.8, 4) is 28.5 Å². The van der Waals surface area contributed by atoms with E-state index in [4.69, 9.17) is 14.2 Å². The first-order valence-electron chi connectivity index (χ1n) is 9.96. The molecule has 0 aliphatic rings. The molecule has 1 heterocycles. The number of nitrogens with zero attached hydrogens (tertiary/aromatic N) is 1. The number of aromatic nitrogens is 1. The second-order valence-corrected chi connectivity index (χ2v) is 7.39. The lowest BCUT2D eigenvalue weighted by Gasteiger charge is -2.16. The van der Waals surface area contributed by atoms with Gasteiger partial charge >= 0.3 is 5.97 Å². The van der Waals surface area contributed by atoms with Gasteiger partial charge in [-0.2, -0.15) is 4.57 Å². The van der Waals surface area contributed by atoms with Gasteiger partial charge in [0.1, 0.15) is 5.75 Å². The maximum Gasteiger partial charge on any atom is 0.373 e. The molecule has 1 atom stereocenters. The molecule has 0 aliphatic heterocycles. The zero-order valence-electron chi connectivity index (χ0n) is 18.4. The molecule has 0 aliphatic carbocycles. The number of hydrogen-bond acceptors (Lipinski definition) is 4. The van der Waals surface area contributed by atoms with Gasteiger partial charge in [-0.1, -0.05) is 13.8 Å². The fraction of sp³-hybridized carbons (Fsp3) is 0.333. The number of pyridine rings is 1. The highest BCUT2D eigenvalue weighted by molar-refractivity contribution is 5.87. The second-order valence-electron chi connectivity index (χ2n) is 7.39. The highest BCUT2D eigenvalue weighted by Gasteiger charge is 2.34. The Kier molecular flexibility index (Phi) is 8.11. The smallest absolute Gasteiger partial charge is 0.373 e. The Morgan fingerprint density at radius 1 is 1.00 bits per heavy atom. The fourth-order valence-corrected chi connectivity index (χ4v) is 3.66. The van der Waals surface area contributed by atoms with E-state index in [1.807, 2.05) is 74.0 Å². The zero-order valence-corrected chi connectivity index (χ0v) is 19.1. The van der Waals surface area contributed by atoms with Crippen molar-refractivity contribution in [2.24, 2.45) is 5.92 Å². The number of hydrogen-bond donors (Lipinski definition) is 1. The van der Waals surface area contributed by atoms with Crippen LogP contribution in [-0.2, 0) is 4.79 Å². The molecule has 1 unspecified atom stereocenters. The molecular formula is C24H28ClNO5. The maximum absolute atomic E-state index is 12.1. The summed E-state index contributed by atoms with van der Waals surface area (Å²) < 4.78 is 18.2. The highest BCUT2D eigenvalue weighted by atomic mass is 35.5. The van der Waals surface area contributed by atoms with Gasteiger partial charge in [0, 0.05) is 22.9 Å². The molecule has 31 heavy (non-hydrogen) atoms. The predicted molar refractivity (Wildman–Crippen MR) is 115 cm³/mol. The average Bonchev–Trinajstić information content (AvgIpc) is 2.72. The fourth-order valence-electron chi connectivity index (χ4n) is 3.66. The predicted octanol–water partition coefficient (Wildman–Crippen LogP) is 1.50. The van der Waals surface area contributed by atoms with Crippen LogP contribution in [0.15, 0.2) is 48.7 Å². The molecule has 3 aromatic rings. The minimum Gasteiger partial charge on any atom is -1.00 e. The van der Waals surface area contributed by atoms with Gasteiger partial charge in [0.25, 0.3) is 6.04 Å². The van der Waals surface area contributed by atoms with Gasteiger partial charge in [0.05, 0.1) is 20.8 Å². The third-order valence-corrected chi connectivity index (χ3v) is 5.08. The molecule has 3 rings (SSSR count). The molecule has 0 spiro atoms. The topological polar surface area (TPSA) is 68.9 Å². The summed E-state index contributed by atoms with van der Waals surface area (Å²) in [7, 11) is 3.18. The SMILES string of the molecule is CCOc1ccc(-c2cc3cc(OC)c(OC)cc3c[n+]2C(C(=O)O)C(C)C)cc1.[Cl-]. The monoisotopic (exact) mass is 445 g/mol. The Morgan fingerprint density at radius 2 is 1.58 bits per heavy atom. The lowest BCUT2D eigenvalue weighted by atomic mass is 10.00. The molecule has 7 heteroatoms. The summed E-state index contributed by atoms with van der Waals surface area (Å²) in [6.45, 7) is 6.34. The molecule has 1 N–H and O–H groups in total. The van der Waals surface area contributed by atoms with Crippen LogP contribution in [0.4, 0.5) is 0 Å². The molecule has 0 saturated carbocycles. The van der Waals surface area contributed by atoms with Crippen LogP contribution in [0.2, 0.25) is 0 Å². The van der Waals surface area contributed by atoms with E-state index in [9.17, 15) is 9.90 Å². The van der Waals surface area contributed by atoms with Crippen LogP contribution in [0.1, 0.15) is 26.8 Å². The van der Waals surface area contributed by atoms with E-state index in [1.54, 1.807) is 14.2 Å². The first-order chi connectivity index (χ1) is 14.4. The minimum atomic E-state index is -0.873. The summed E-state index contributed by atoms with van der Waals surface area (Å²) in [4.78, 5) is 12.1. The van der Waals surface area contributed by atoms with Gasteiger partial charge in [0.2, 0.25) is 5.69 Å². The Labute approximate surface area is 188 Å². The van der Waals surface area contributed by atoms with Crippen LogP contribution in [0.3, 0.4) is 0 Å². The summed E-state index contributed by atoms with van der Waals surface area (Å²) in [6.07, 6.45) is 1.88. The van der Waals surface area contributed by atoms with Crippen molar-refractivity contribution in [3.63, 3.8) is 0 Å². The van der Waals surface area contributed by atoms with E-state index < -0.39 is 12.0 Å². The number of ether oxygens (including phenoxy) is 3. The number of methoxy groups -OCH3 is 2. The lowest BCUT2D eigenvalue weighted by molar-refractivity contribution is -0.705. The van der Waals surface area contributed by atoms with Crippen LogP contribution in [-0.4, -0.2) is 31.9 Å². The quantitative estimate of drug-likeness (QED) is 0.532. The van der Waals surface area contributed by atoms with Gasteiger partial charge in [-0.3, -0.25) is 0 Å². The summed E-state index contributed by atoms with van der Waals surface area (Å²) in [5, 5.41) is 11.8. The average molecular weight is 446 g/mol. The minimum absolute atomic E-state index is 0. The normalized spacial score (nSPS) is 11.7. The molecule has 6 nitrogen and oxygen atoms in total. The van der Waals surface area contributed by atoms with Crippen LogP contribution < -0.4 is 31.2 Å².